The van der Waals surface area contributed by atoms with Gasteiger partial charge in [-0.1, -0.05) is 6.07 Å². The molecule has 0 saturated carbocycles. The van der Waals surface area contributed by atoms with Gasteiger partial charge in [0.05, 0.1) is 9.82 Å². The summed E-state index contributed by atoms with van der Waals surface area (Å²) >= 11 is 5.01. The van der Waals surface area contributed by atoms with E-state index < -0.39 is 20.9 Å². The number of nitrogens with zero attached hydrogens (tertiary/aromatic N) is 1. The van der Waals surface area contributed by atoms with Gasteiger partial charge >= 0.3 is 0 Å². The van der Waals surface area contributed by atoms with Crippen molar-refractivity contribution < 1.29 is 18.1 Å². The van der Waals surface area contributed by atoms with Crippen LogP contribution in [-0.2, 0) is 10.0 Å². The molecule has 0 bridgehead atoms. The van der Waals surface area contributed by atoms with E-state index >= 15 is 0 Å². The van der Waals surface area contributed by atoms with E-state index in [0.717, 1.165) is 6.07 Å². The van der Waals surface area contributed by atoms with Gasteiger partial charge in [0.1, 0.15) is 0 Å². The Kier molecular flexibility index (Phi) is 5.65. The first-order chi connectivity index (χ1) is 12.1. The fourth-order valence-electron chi connectivity index (χ4n) is 2.01. The summed E-state index contributed by atoms with van der Waals surface area (Å²) in [6.07, 6.45) is 0. The van der Waals surface area contributed by atoms with Gasteiger partial charge < -0.3 is 5.32 Å². The third-order valence-electron chi connectivity index (χ3n) is 3.34. The summed E-state index contributed by atoms with van der Waals surface area (Å²) in [5.41, 5.74) is 0.769. The van der Waals surface area contributed by atoms with Crippen LogP contribution < -0.4 is 15.8 Å². The summed E-state index contributed by atoms with van der Waals surface area (Å²) in [7, 11) is -3.80. The zero-order chi connectivity index (χ0) is 19.5. The van der Waals surface area contributed by atoms with Crippen molar-refractivity contribution >= 4 is 44.6 Å². The molecule has 9 nitrogen and oxygen atoms in total. The number of rotatable bonds is 4. The monoisotopic (exact) mass is 394 g/mol. The average molecular weight is 394 g/mol. The molecule has 0 radical (unpaired) electrons. The number of carbonyl (C=O) groups is 1. The Morgan fingerprint density at radius 2 is 1.81 bits per heavy atom. The molecule has 1 amide bonds. The van der Waals surface area contributed by atoms with Crippen molar-refractivity contribution in [2.45, 2.75) is 11.8 Å². The van der Waals surface area contributed by atoms with Crippen LogP contribution >= 0.6 is 12.2 Å². The van der Waals surface area contributed by atoms with Crippen molar-refractivity contribution in [1.82, 2.24) is 5.32 Å². The van der Waals surface area contributed by atoms with Crippen LogP contribution in [0.4, 0.5) is 11.4 Å². The largest absolute Gasteiger partial charge is 0.332 e. The fraction of sp³-hybridized carbons (Fsp3) is 0.0667. The Hall–Kier alpha value is -2.89. The number of anilines is 1. The number of amides is 1. The van der Waals surface area contributed by atoms with Crippen molar-refractivity contribution in [2.24, 2.45) is 5.14 Å². The van der Waals surface area contributed by atoms with Crippen LogP contribution in [-0.4, -0.2) is 24.4 Å². The predicted molar refractivity (Wildman–Crippen MR) is 99.3 cm³/mol. The molecular formula is C15H14N4O5S2. The number of benzene rings is 2. The fourth-order valence-corrected chi connectivity index (χ4v) is 2.74. The zero-order valence-corrected chi connectivity index (χ0v) is 15.1. The van der Waals surface area contributed by atoms with E-state index in [1.54, 1.807) is 6.92 Å². The maximum absolute atomic E-state index is 12.2. The van der Waals surface area contributed by atoms with E-state index in [-0.39, 0.29) is 21.3 Å². The van der Waals surface area contributed by atoms with E-state index in [2.05, 4.69) is 10.6 Å². The number of hydrogen-bond acceptors (Lipinski definition) is 6. The second-order valence-electron chi connectivity index (χ2n) is 5.24. The SMILES string of the molecule is Cc1ccc(C(=O)NC(=S)Nc2ccc(S(N)(=O)=O)cc2)cc1[N+](=O)[O-]. The highest BCUT2D eigenvalue weighted by Crippen LogP contribution is 2.19. The van der Waals surface area contributed by atoms with Crippen LogP contribution in [0.15, 0.2) is 47.4 Å². The molecule has 0 aliphatic heterocycles. The van der Waals surface area contributed by atoms with Crippen LogP contribution in [0.25, 0.3) is 0 Å². The third kappa shape index (κ3) is 4.81. The zero-order valence-electron chi connectivity index (χ0n) is 13.4. The molecule has 11 heteroatoms. The van der Waals surface area contributed by atoms with Crippen molar-refractivity contribution in [3.8, 4) is 0 Å². The molecule has 0 fully saturated rings. The second kappa shape index (κ2) is 7.56. The van der Waals surface area contributed by atoms with Crippen LogP contribution in [0.5, 0.6) is 0 Å². The smallest absolute Gasteiger partial charge is 0.273 e. The molecule has 0 aliphatic rings. The highest BCUT2D eigenvalue weighted by molar-refractivity contribution is 7.89. The number of primary sulfonamides is 1. The van der Waals surface area contributed by atoms with E-state index in [0.29, 0.717) is 11.3 Å². The topological polar surface area (TPSA) is 144 Å². The Balaban J connectivity index is 2.07. The number of nitrogens with two attached hydrogens (primary N) is 1. The normalized spacial score (nSPS) is 10.8. The van der Waals surface area contributed by atoms with Crippen molar-refractivity contribution in [1.29, 1.82) is 0 Å². The second-order valence-corrected chi connectivity index (χ2v) is 7.21. The van der Waals surface area contributed by atoms with Gasteiger partial charge in [-0.15, -0.1) is 0 Å². The van der Waals surface area contributed by atoms with Crippen LogP contribution in [0, 0.1) is 17.0 Å². The van der Waals surface area contributed by atoms with Gasteiger partial charge in [-0.3, -0.25) is 20.2 Å². The van der Waals surface area contributed by atoms with Crippen molar-refractivity contribution in [3.05, 3.63) is 63.7 Å². The number of carbonyl (C=O) groups excluding carboxylic acids is 1. The molecule has 2 aromatic rings. The summed E-state index contributed by atoms with van der Waals surface area (Å²) in [4.78, 5) is 22.5. The van der Waals surface area contributed by atoms with Crippen LogP contribution in [0.2, 0.25) is 0 Å². The Bertz CT molecular complexity index is 988. The van der Waals surface area contributed by atoms with Gasteiger partial charge in [0, 0.05) is 22.9 Å². The summed E-state index contributed by atoms with van der Waals surface area (Å²) in [5, 5.41) is 21.0. The lowest BCUT2D eigenvalue weighted by molar-refractivity contribution is -0.385. The van der Waals surface area contributed by atoms with Gasteiger partial charge in [0.15, 0.2) is 5.11 Å². The molecule has 0 heterocycles. The van der Waals surface area contributed by atoms with Crippen LogP contribution in [0.1, 0.15) is 15.9 Å². The lowest BCUT2D eigenvalue weighted by Gasteiger charge is -2.10. The lowest BCUT2D eigenvalue weighted by Crippen LogP contribution is -2.34. The van der Waals surface area contributed by atoms with Gasteiger partial charge in [0.2, 0.25) is 10.0 Å². The minimum absolute atomic E-state index is 0.0541. The van der Waals surface area contributed by atoms with Gasteiger partial charge in [-0.25, -0.2) is 13.6 Å². The molecule has 0 unspecified atom stereocenters. The van der Waals surface area contributed by atoms with Gasteiger partial charge in [0.25, 0.3) is 11.6 Å². The Labute approximate surface area is 154 Å². The lowest BCUT2D eigenvalue weighted by atomic mass is 10.1. The molecule has 2 aromatic carbocycles. The molecule has 0 aliphatic carbocycles. The molecule has 4 N–H and O–H groups in total. The first-order valence-electron chi connectivity index (χ1n) is 7.08. The minimum Gasteiger partial charge on any atom is -0.332 e. The highest BCUT2D eigenvalue weighted by atomic mass is 32.2. The number of nitrogens with one attached hydrogen (secondary N) is 2. The molecule has 0 atom stereocenters. The molecule has 2 rings (SSSR count). The van der Waals surface area contributed by atoms with E-state index in [1.165, 1.54) is 36.4 Å². The summed E-state index contributed by atoms with van der Waals surface area (Å²) in [5.74, 6) is -0.619. The van der Waals surface area contributed by atoms with Crippen molar-refractivity contribution in [2.75, 3.05) is 5.32 Å². The van der Waals surface area contributed by atoms with E-state index in [9.17, 15) is 23.3 Å². The average Bonchev–Trinajstić information content (AvgIpc) is 2.54. The maximum Gasteiger partial charge on any atom is 0.273 e. The summed E-state index contributed by atoms with van der Waals surface area (Å²) in [6.45, 7) is 1.57. The number of nitro groups is 1. The Morgan fingerprint density at radius 3 is 2.35 bits per heavy atom. The van der Waals surface area contributed by atoms with Gasteiger partial charge in [-0.2, -0.15) is 0 Å². The number of nitro benzene ring substituents is 1. The highest BCUT2D eigenvalue weighted by Gasteiger charge is 2.16. The predicted octanol–water partition coefficient (Wildman–Crippen LogP) is 1.68. The molecule has 26 heavy (non-hydrogen) atoms. The number of aryl methyl sites for hydroxylation is 1. The third-order valence-corrected chi connectivity index (χ3v) is 4.47. The van der Waals surface area contributed by atoms with Crippen molar-refractivity contribution in [3.63, 3.8) is 0 Å². The minimum atomic E-state index is -3.80. The Morgan fingerprint density at radius 1 is 1.19 bits per heavy atom. The molecule has 0 aromatic heterocycles. The quantitative estimate of drug-likeness (QED) is 0.406. The van der Waals surface area contributed by atoms with E-state index in [4.69, 9.17) is 17.4 Å². The standard InChI is InChI=1S/C15H14N4O5S2/c1-9-2-3-10(8-13(9)19(21)22)14(20)18-15(25)17-11-4-6-12(7-5-11)26(16,23)24/h2-8H,1H3,(H2,16,23,24)(H2,17,18,20,25). The summed E-state index contributed by atoms with van der Waals surface area (Å²) in [6, 6.07) is 9.49. The van der Waals surface area contributed by atoms with Crippen LogP contribution in [0.3, 0.4) is 0 Å². The molecule has 0 spiro atoms. The molecule has 0 saturated heterocycles. The van der Waals surface area contributed by atoms with Gasteiger partial charge in [-0.05, 0) is 49.5 Å². The van der Waals surface area contributed by atoms with E-state index in [1.807, 2.05) is 0 Å². The number of sulfonamides is 1. The molecular weight excluding hydrogens is 380 g/mol. The maximum atomic E-state index is 12.2. The first kappa shape index (κ1) is 19.4. The molecule has 136 valence electrons. The first-order valence-corrected chi connectivity index (χ1v) is 9.03. The summed E-state index contributed by atoms with van der Waals surface area (Å²) < 4.78 is 22.4. The number of thiocarbonyl (C=S) groups is 1. The number of hydrogen-bond donors (Lipinski definition) is 3.